The van der Waals surface area contributed by atoms with Gasteiger partial charge in [-0.15, -0.1) is 0 Å². The number of nitrogens with zero attached hydrogens (tertiary/aromatic N) is 3. The summed E-state index contributed by atoms with van der Waals surface area (Å²) in [4.78, 5) is 40.1. The van der Waals surface area contributed by atoms with Crippen molar-refractivity contribution in [1.82, 2.24) is 19.4 Å². The molecule has 1 aromatic carbocycles. The molecule has 0 radical (unpaired) electrons. The number of rotatable bonds is 8. The Kier molecular flexibility index (Phi) is 8.27. The number of carbonyl (C=O) groups is 3. The molecule has 2 aliphatic rings. The van der Waals surface area contributed by atoms with Crippen LogP contribution in [0.1, 0.15) is 18.4 Å². The Morgan fingerprint density at radius 3 is 2.58 bits per heavy atom. The van der Waals surface area contributed by atoms with Gasteiger partial charge in [0.25, 0.3) is 11.1 Å². The normalized spacial score (nSPS) is 19.6. The Balaban J connectivity index is 1.43. The third kappa shape index (κ3) is 6.62. The van der Waals surface area contributed by atoms with Gasteiger partial charge in [0.2, 0.25) is 15.9 Å². The van der Waals surface area contributed by atoms with Gasteiger partial charge in [0.15, 0.2) is 0 Å². The van der Waals surface area contributed by atoms with E-state index in [0.717, 1.165) is 16.7 Å². The van der Waals surface area contributed by atoms with Crippen LogP contribution in [0.25, 0.3) is 6.08 Å². The van der Waals surface area contributed by atoms with Crippen molar-refractivity contribution in [1.29, 1.82) is 0 Å². The second-order valence-corrected chi connectivity index (χ2v) is 11.0. The van der Waals surface area contributed by atoms with E-state index in [4.69, 9.17) is 0 Å². The van der Waals surface area contributed by atoms with Crippen LogP contribution < -0.4 is 5.32 Å². The first-order valence-corrected chi connectivity index (χ1v) is 13.1. The third-order valence-corrected chi connectivity index (χ3v) is 7.94. The van der Waals surface area contributed by atoms with E-state index in [-0.39, 0.29) is 42.1 Å². The number of carbonyl (C=O) groups excluding carboxylic acids is 3. The van der Waals surface area contributed by atoms with E-state index in [1.807, 2.05) is 4.90 Å². The lowest BCUT2D eigenvalue weighted by molar-refractivity contribution is -0.125. The molecule has 1 aromatic rings. The molecular formula is C21H27FN4O5S2. The molecule has 1 N–H and O–H groups in total. The van der Waals surface area contributed by atoms with Crippen LogP contribution in [-0.4, -0.2) is 91.6 Å². The van der Waals surface area contributed by atoms with Crippen LogP contribution in [0.4, 0.5) is 9.18 Å². The summed E-state index contributed by atoms with van der Waals surface area (Å²) in [6.07, 6.45) is 3.81. The van der Waals surface area contributed by atoms with E-state index in [9.17, 15) is 27.2 Å². The lowest BCUT2D eigenvalue weighted by Crippen LogP contribution is -2.48. The molecule has 2 saturated heterocycles. The summed E-state index contributed by atoms with van der Waals surface area (Å²) in [6, 6.07) is 5.90. The standard InChI is InChI=1S/C21H27FN4O5S2/c1-24(33(2,30)31)16-7-10-25(11-8-16)14-19(27)23-9-12-26-20(28)18(32-21(26)29)13-15-5-3-4-6-17(15)22/h3-6,13,16H,7-12,14H2,1-2H3,(H,23,27)/b18-13-. The Morgan fingerprint density at radius 1 is 1.27 bits per heavy atom. The number of benzene rings is 1. The van der Waals surface area contributed by atoms with E-state index in [1.54, 1.807) is 13.1 Å². The molecule has 33 heavy (non-hydrogen) atoms. The van der Waals surface area contributed by atoms with Crippen LogP contribution in [0, 0.1) is 5.82 Å². The maximum absolute atomic E-state index is 13.8. The molecule has 0 spiro atoms. The zero-order valence-corrected chi connectivity index (χ0v) is 20.1. The van der Waals surface area contributed by atoms with Crippen LogP contribution in [-0.2, 0) is 19.6 Å². The van der Waals surface area contributed by atoms with E-state index in [2.05, 4.69) is 5.32 Å². The van der Waals surface area contributed by atoms with Crippen molar-refractivity contribution >= 4 is 44.9 Å². The van der Waals surface area contributed by atoms with Gasteiger partial charge in [-0.1, -0.05) is 18.2 Å². The molecule has 9 nitrogen and oxygen atoms in total. The Bertz CT molecular complexity index is 1050. The smallest absolute Gasteiger partial charge is 0.293 e. The molecule has 3 rings (SSSR count). The van der Waals surface area contributed by atoms with Crippen LogP contribution in [0.15, 0.2) is 29.2 Å². The van der Waals surface area contributed by atoms with Gasteiger partial charge >= 0.3 is 0 Å². The number of likely N-dealkylation sites (tertiary alicyclic amines) is 1. The van der Waals surface area contributed by atoms with Crippen molar-refractivity contribution in [3.63, 3.8) is 0 Å². The fourth-order valence-electron chi connectivity index (χ4n) is 3.70. The van der Waals surface area contributed by atoms with E-state index < -0.39 is 27.0 Å². The number of amides is 3. The molecule has 12 heteroatoms. The van der Waals surface area contributed by atoms with E-state index >= 15 is 0 Å². The Hall–Kier alpha value is -2.28. The highest BCUT2D eigenvalue weighted by atomic mass is 32.2. The van der Waals surface area contributed by atoms with Crippen molar-refractivity contribution in [3.05, 3.63) is 40.6 Å². The van der Waals surface area contributed by atoms with E-state index in [0.29, 0.717) is 25.9 Å². The van der Waals surface area contributed by atoms with Crippen molar-refractivity contribution < 1.29 is 27.2 Å². The molecule has 0 aromatic heterocycles. The SMILES string of the molecule is CN(C1CCN(CC(=O)NCCN2C(=O)S/C(=C\c3ccccc3F)C2=O)CC1)S(C)(=O)=O. The topological polar surface area (TPSA) is 107 Å². The second kappa shape index (κ2) is 10.8. The van der Waals surface area contributed by atoms with Crippen LogP contribution in [0.5, 0.6) is 0 Å². The average Bonchev–Trinajstić information content (AvgIpc) is 3.02. The highest BCUT2D eigenvalue weighted by molar-refractivity contribution is 8.18. The molecule has 0 atom stereocenters. The van der Waals surface area contributed by atoms with Gasteiger partial charge < -0.3 is 5.32 Å². The van der Waals surface area contributed by atoms with Crippen LogP contribution in [0.2, 0.25) is 0 Å². The van der Waals surface area contributed by atoms with Crippen LogP contribution >= 0.6 is 11.8 Å². The number of sulfonamides is 1. The summed E-state index contributed by atoms with van der Waals surface area (Å²) in [5.41, 5.74) is 0.225. The van der Waals surface area contributed by atoms with Crippen molar-refractivity contribution in [2.45, 2.75) is 18.9 Å². The molecule has 0 unspecified atom stereocenters. The molecule has 180 valence electrons. The largest absolute Gasteiger partial charge is 0.353 e. The van der Waals surface area contributed by atoms with E-state index in [1.165, 1.54) is 34.8 Å². The highest BCUT2D eigenvalue weighted by Crippen LogP contribution is 2.32. The first kappa shape index (κ1) is 25.3. The minimum Gasteiger partial charge on any atom is -0.353 e. The molecule has 2 fully saturated rings. The Labute approximate surface area is 197 Å². The van der Waals surface area contributed by atoms with Gasteiger partial charge in [-0.2, -0.15) is 0 Å². The lowest BCUT2D eigenvalue weighted by atomic mass is 10.1. The van der Waals surface area contributed by atoms with Gasteiger partial charge in [0.05, 0.1) is 17.7 Å². The molecule has 3 amide bonds. The van der Waals surface area contributed by atoms with Gasteiger partial charge in [-0.3, -0.25) is 24.2 Å². The number of piperidine rings is 1. The maximum Gasteiger partial charge on any atom is 0.293 e. The maximum atomic E-state index is 13.8. The first-order chi connectivity index (χ1) is 15.6. The summed E-state index contributed by atoms with van der Waals surface area (Å²) >= 11 is 0.741. The zero-order valence-electron chi connectivity index (χ0n) is 18.5. The molecule has 2 heterocycles. The van der Waals surface area contributed by atoms with Gasteiger partial charge in [0.1, 0.15) is 5.82 Å². The molecule has 0 bridgehead atoms. The number of nitrogens with one attached hydrogen (secondary N) is 1. The monoisotopic (exact) mass is 498 g/mol. The molecule has 0 saturated carbocycles. The van der Waals surface area contributed by atoms with Crippen molar-refractivity contribution in [3.8, 4) is 0 Å². The lowest BCUT2D eigenvalue weighted by Gasteiger charge is -2.35. The number of imide groups is 1. The quantitative estimate of drug-likeness (QED) is 0.539. The summed E-state index contributed by atoms with van der Waals surface area (Å²) < 4.78 is 38.5. The van der Waals surface area contributed by atoms with Crippen molar-refractivity contribution in [2.24, 2.45) is 0 Å². The summed E-state index contributed by atoms with van der Waals surface area (Å²) in [5.74, 6) is -1.23. The first-order valence-electron chi connectivity index (χ1n) is 10.5. The molecule has 2 aliphatic heterocycles. The predicted octanol–water partition coefficient (Wildman–Crippen LogP) is 1.33. The summed E-state index contributed by atoms with van der Waals surface area (Å²) in [7, 11) is -1.68. The minimum absolute atomic E-state index is 0.0201. The predicted molar refractivity (Wildman–Crippen MR) is 124 cm³/mol. The zero-order chi connectivity index (χ0) is 24.2. The number of hydrogen-bond donors (Lipinski definition) is 1. The van der Waals surface area contributed by atoms with Gasteiger partial charge in [0, 0.05) is 44.8 Å². The number of halogens is 1. The van der Waals surface area contributed by atoms with Crippen molar-refractivity contribution in [2.75, 3.05) is 46.0 Å². The average molecular weight is 499 g/mol. The summed E-state index contributed by atoms with van der Waals surface area (Å²) in [5, 5.41) is 2.24. The van der Waals surface area contributed by atoms with Crippen LogP contribution in [0.3, 0.4) is 0 Å². The number of thioether (sulfide) groups is 1. The molecule has 0 aliphatic carbocycles. The summed E-state index contributed by atoms with van der Waals surface area (Å²) in [6.45, 7) is 1.48. The second-order valence-electron chi connectivity index (χ2n) is 7.99. The molecular weight excluding hydrogens is 471 g/mol. The fourth-order valence-corrected chi connectivity index (χ4v) is 5.31. The van der Waals surface area contributed by atoms with Gasteiger partial charge in [-0.05, 0) is 36.7 Å². The number of hydrogen-bond acceptors (Lipinski definition) is 7. The highest BCUT2D eigenvalue weighted by Gasteiger charge is 2.35. The Morgan fingerprint density at radius 2 is 1.94 bits per heavy atom. The fraction of sp³-hybridized carbons (Fsp3) is 0.476. The van der Waals surface area contributed by atoms with Gasteiger partial charge in [-0.25, -0.2) is 17.1 Å². The third-order valence-electron chi connectivity index (χ3n) is 5.68. The minimum atomic E-state index is -3.24.